The molecule has 24 heavy (non-hydrogen) atoms. The molecule has 1 unspecified atom stereocenters. The molecular weight excluding hydrogens is 304 g/mol. The third-order valence-electron chi connectivity index (χ3n) is 5.20. The van der Waals surface area contributed by atoms with Crippen molar-refractivity contribution in [3.8, 4) is 0 Å². The van der Waals surface area contributed by atoms with Crippen LogP contribution in [0, 0.1) is 6.92 Å². The highest BCUT2D eigenvalue weighted by Gasteiger charge is 2.33. The van der Waals surface area contributed by atoms with Crippen LogP contribution in [-0.4, -0.2) is 35.1 Å². The second-order valence-electron chi connectivity index (χ2n) is 6.78. The summed E-state index contributed by atoms with van der Waals surface area (Å²) in [7, 11) is 0. The van der Waals surface area contributed by atoms with Crippen LogP contribution in [0.5, 0.6) is 0 Å². The lowest BCUT2D eigenvalue weighted by Gasteiger charge is -2.35. The van der Waals surface area contributed by atoms with Crippen molar-refractivity contribution >= 4 is 5.91 Å². The molecule has 1 aliphatic heterocycles. The molecule has 2 aromatic heterocycles. The Kier molecular flexibility index (Phi) is 4.19. The average molecular weight is 328 g/mol. The first-order valence-electron chi connectivity index (χ1n) is 8.86. The second kappa shape index (κ2) is 6.48. The first kappa shape index (κ1) is 15.5. The van der Waals surface area contributed by atoms with Gasteiger partial charge in [0.15, 0.2) is 0 Å². The molecule has 1 aliphatic carbocycles. The van der Waals surface area contributed by atoms with Crippen molar-refractivity contribution in [2.45, 2.75) is 44.7 Å². The third-order valence-corrected chi connectivity index (χ3v) is 5.20. The monoisotopic (exact) mass is 328 g/mol. The van der Waals surface area contributed by atoms with Crippen molar-refractivity contribution in [1.29, 1.82) is 0 Å². The van der Waals surface area contributed by atoms with Gasteiger partial charge in [0.1, 0.15) is 23.3 Å². The van der Waals surface area contributed by atoms with Gasteiger partial charge in [-0.1, -0.05) is 12.8 Å². The van der Waals surface area contributed by atoms with Gasteiger partial charge in [0.25, 0.3) is 5.91 Å². The number of aryl methyl sites for hydroxylation is 1. The zero-order valence-corrected chi connectivity index (χ0v) is 14.1. The summed E-state index contributed by atoms with van der Waals surface area (Å²) in [5.74, 6) is 1.74. The minimum absolute atomic E-state index is 0.0780. The molecular formula is C19H24N2O3. The summed E-state index contributed by atoms with van der Waals surface area (Å²) in [4.78, 5) is 15.1. The molecule has 1 saturated heterocycles. The molecule has 0 bridgehead atoms. The van der Waals surface area contributed by atoms with Crippen molar-refractivity contribution in [2.24, 2.45) is 0 Å². The Labute approximate surface area is 142 Å². The van der Waals surface area contributed by atoms with Crippen molar-refractivity contribution in [2.75, 3.05) is 19.8 Å². The predicted octanol–water partition coefficient (Wildman–Crippen LogP) is 3.72. The second-order valence-corrected chi connectivity index (χ2v) is 6.78. The van der Waals surface area contributed by atoms with E-state index >= 15 is 0 Å². The molecule has 1 atom stereocenters. The van der Waals surface area contributed by atoms with Gasteiger partial charge < -0.3 is 18.6 Å². The zero-order valence-electron chi connectivity index (χ0n) is 14.1. The minimum Gasteiger partial charge on any atom is -0.464 e. The van der Waals surface area contributed by atoms with Crippen LogP contribution in [0.15, 0.2) is 34.9 Å². The fourth-order valence-corrected chi connectivity index (χ4v) is 3.94. The smallest absolute Gasteiger partial charge is 0.271 e. The van der Waals surface area contributed by atoms with Crippen LogP contribution in [0.1, 0.15) is 59.8 Å². The van der Waals surface area contributed by atoms with Crippen LogP contribution in [0.25, 0.3) is 0 Å². The Morgan fingerprint density at radius 2 is 2.04 bits per heavy atom. The van der Waals surface area contributed by atoms with Gasteiger partial charge in [-0.3, -0.25) is 4.79 Å². The fraction of sp³-hybridized carbons (Fsp3) is 0.526. The van der Waals surface area contributed by atoms with Gasteiger partial charge in [0, 0.05) is 18.8 Å². The van der Waals surface area contributed by atoms with Crippen LogP contribution >= 0.6 is 0 Å². The van der Waals surface area contributed by atoms with Gasteiger partial charge in [-0.05, 0) is 44.0 Å². The zero-order chi connectivity index (χ0) is 16.5. The standard InChI is InChI=1S/C19H24N2O3/c1-14-8-9-18(24-14)17-13-23-12-11-21(17)19(22)16-7-4-10-20(16)15-5-2-3-6-15/h4,7-10,15,17H,2-3,5-6,11-13H2,1H3. The molecule has 1 saturated carbocycles. The van der Waals surface area contributed by atoms with E-state index in [2.05, 4.69) is 10.8 Å². The van der Waals surface area contributed by atoms with E-state index < -0.39 is 0 Å². The molecule has 4 rings (SSSR count). The quantitative estimate of drug-likeness (QED) is 0.863. The summed E-state index contributed by atoms with van der Waals surface area (Å²) in [6.45, 7) is 3.58. The van der Waals surface area contributed by atoms with Gasteiger partial charge in [0.2, 0.25) is 0 Å². The Morgan fingerprint density at radius 3 is 2.79 bits per heavy atom. The summed E-state index contributed by atoms with van der Waals surface area (Å²) in [5, 5.41) is 0. The fourth-order valence-electron chi connectivity index (χ4n) is 3.94. The molecule has 1 amide bonds. The number of ether oxygens (including phenoxy) is 1. The molecule has 3 heterocycles. The maximum atomic E-state index is 13.2. The predicted molar refractivity (Wildman–Crippen MR) is 90.0 cm³/mol. The number of furan rings is 1. The van der Waals surface area contributed by atoms with Crippen LogP contribution in [-0.2, 0) is 4.74 Å². The Morgan fingerprint density at radius 1 is 1.21 bits per heavy atom. The molecule has 0 N–H and O–H groups in total. The molecule has 5 nitrogen and oxygen atoms in total. The molecule has 2 fully saturated rings. The summed E-state index contributed by atoms with van der Waals surface area (Å²) in [5.41, 5.74) is 0.789. The molecule has 128 valence electrons. The van der Waals surface area contributed by atoms with E-state index in [1.807, 2.05) is 36.1 Å². The molecule has 0 radical (unpaired) electrons. The van der Waals surface area contributed by atoms with E-state index in [0.717, 1.165) is 17.2 Å². The van der Waals surface area contributed by atoms with Gasteiger partial charge in [-0.2, -0.15) is 0 Å². The Hall–Kier alpha value is -2.01. The summed E-state index contributed by atoms with van der Waals surface area (Å²) < 4.78 is 13.6. The lowest BCUT2D eigenvalue weighted by Crippen LogP contribution is -2.44. The highest BCUT2D eigenvalue weighted by Crippen LogP contribution is 2.32. The van der Waals surface area contributed by atoms with Crippen LogP contribution in [0.2, 0.25) is 0 Å². The number of hydrogen-bond donors (Lipinski definition) is 0. The number of carbonyl (C=O) groups excluding carboxylic acids is 1. The van der Waals surface area contributed by atoms with Crippen molar-refractivity contribution in [3.05, 3.63) is 47.7 Å². The maximum absolute atomic E-state index is 13.2. The van der Waals surface area contributed by atoms with Crippen LogP contribution in [0.3, 0.4) is 0 Å². The van der Waals surface area contributed by atoms with Gasteiger partial charge in [-0.25, -0.2) is 0 Å². The normalized spacial score (nSPS) is 22.2. The number of carbonyl (C=O) groups is 1. The maximum Gasteiger partial charge on any atom is 0.271 e. The SMILES string of the molecule is Cc1ccc(C2COCCN2C(=O)c2cccn2C2CCCC2)o1. The van der Waals surface area contributed by atoms with Crippen LogP contribution in [0.4, 0.5) is 0 Å². The number of nitrogens with zero attached hydrogens (tertiary/aromatic N) is 2. The number of amides is 1. The largest absolute Gasteiger partial charge is 0.464 e. The van der Waals surface area contributed by atoms with Crippen molar-refractivity contribution in [3.63, 3.8) is 0 Å². The Bertz CT molecular complexity index is 712. The molecule has 0 aromatic carbocycles. The van der Waals surface area contributed by atoms with Gasteiger partial charge in [0.05, 0.1) is 13.2 Å². The van der Waals surface area contributed by atoms with E-state index in [9.17, 15) is 4.79 Å². The molecule has 2 aliphatic rings. The Balaban J connectivity index is 1.61. The first-order valence-corrected chi connectivity index (χ1v) is 8.86. The lowest BCUT2D eigenvalue weighted by atomic mass is 10.1. The minimum atomic E-state index is -0.146. The van der Waals surface area contributed by atoms with Crippen molar-refractivity contribution < 1.29 is 13.9 Å². The first-order chi connectivity index (χ1) is 11.7. The molecule has 2 aromatic rings. The van der Waals surface area contributed by atoms with Crippen LogP contribution < -0.4 is 0 Å². The van der Waals surface area contributed by atoms with E-state index in [4.69, 9.17) is 9.15 Å². The number of hydrogen-bond acceptors (Lipinski definition) is 3. The third kappa shape index (κ3) is 2.77. The highest BCUT2D eigenvalue weighted by molar-refractivity contribution is 5.93. The summed E-state index contributed by atoms with van der Waals surface area (Å²) in [6.07, 6.45) is 6.89. The molecule has 5 heteroatoms. The van der Waals surface area contributed by atoms with E-state index in [1.54, 1.807) is 0 Å². The van der Waals surface area contributed by atoms with Crippen molar-refractivity contribution in [1.82, 2.24) is 9.47 Å². The number of aromatic nitrogens is 1. The van der Waals surface area contributed by atoms with E-state index in [-0.39, 0.29) is 11.9 Å². The summed E-state index contributed by atoms with van der Waals surface area (Å²) >= 11 is 0. The highest BCUT2D eigenvalue weighted by atomic mass is 16.5. The van der Waals surface area contributed by atoms with Gasteiger partial charge in [-0.15, -0.1) is 0 Å². The average Bonchev–Trinajstić information content (AvgIpc) is 3.34. The number of rotatable bonds is 3. The topological polar surface area (TPSA) is 47.6 Å². The lowest BCUT2D eigenvalue weighted by molar-refractivity contribution is -0.00955. The van der Waals surface area contributed by atoms with E-state index in [1.165, 1.54) is 25.7 Å². The molecule has 0 spiro atoms. The summed E-state index contributed by atoms with van der Waals surface area (Å²) in [6, 6.07) is 8.13. The number of morpholine rings is 1. The van der Waals surface area contributed by atoms with Gasteiger partial charge >= 0.3 is 0 Å². The van der Waals surface area contributed by atoms with E-state index in [0.29, 0.717) is 25.8 Å².